The van der Waals surface area contributed by atoms with Crippen LogP contribution in [0.25, 0.3) is 0 Å². The Kier molecular flexibility index (Phi) is 6.69. The topological polar surface area (TPSA) is 78.4 Å². The van der Waals surface area contributed by atoms with E-state index < -0.39 is 5.91 Å². The molecule has 138 valence electrons. The molecule has 0 aromatic heterocycles. The van der Waals surface area contributed by atoms with Gasteiger partial charge in [-0.2, -0.15) is 0 Å². The van der Waals surface area contributed by atoms with E-state index in [2.05, 4.69) is 24.5 Å². The molecule has 0 spiro atoms. The fourth-order valence-electron chi connectivity index (χ4n) is 2.46. The van der Waals surface area contributed by atoms with Crippen LogP contribution in [0.3, 0.4) is 0 Å². The van der Waals surface area contributed by atoms with Crippen molar-refractivity contribution >= 4 is 29.3 Å². The lowest BCUT2D eigenvalue weighted by molar-refractivity contribution is -0.114. The number of phenols is 1. The highest BCUT2D eigenvalue weighted by Gasteiger charge is 2.16. The predicted octanol–water partition coefficient (Wildman–Crippen LogP) is 4.34. The van der Waals surface area contributed by atoms with Crippen LogP contribution in [-0.2, 0) is 4.79 Å². The molecule has 2 amide bonds. The van der Waals surface area contributed by atoms with Crippen molar-refractivity contribution in [2.75, 3.05) is 5.32 Å². The summed E-state index contributed by atoms with van der Waals surface area (Å²) in [6.07, 6.45) is 0. The third-order valence-corrected chi connectivity index (χ3v) is 4.68. The van der Waals surface area contributed by atoms with Gasteiger partial charge in [-0.25, -0.2) is 0 Å². The van der Waals surface area contributed by atoms with E-state index in [-0.39, 0.29) is 23.3 Å². The fourth-order valence-corrected chi connectivity index (χ4v) is 3.30. The Balaban J connectivity index is 2.10. The number of anilines is 1. The summed E-state index contributed by atoms with van der Waals surface area (Å²) in [6, 6.07) is 12.2. The standard InChI is InChI=1S/C20H24N2O3S/c1-12(2)26-17-8-5-15(6-9-17)13(3)21-20(25)18-11-16(22-14(4)23)7-10-19(18)24/h5-13,24H,1-4H3,(H,21,25)(H,22,23). The molecule has 5 nitrogen and oxygen atoms in total. The second-order valence-corrected chi connectivity index (χ2v) is 7.99. The summed E-state index contributed by atoms with van der Waals surface area (Å²) in [7, 11) is 0. The van der Waals surface area contributed by atoms with Gasteiger partial charge in [0.1, 0.15) is 5.75 Å². The minimum atomic E-state index is -0.400. The monoisotopic (exact) mass is 372 g/mol. The number of benzene rings is 2. The maximum absolute atomic E-state index is 12.5. The Labute approximate surface area is 158 Å². The molecule has 1 atom stereocenters. The largest absolute Gasteiger partial charge is 0.507 e. The van der Waals surface area contributed by atoms with Crippen LogP contribution in [0, 0.1) is 0 Å². The van der Waals surface area contributed by atoms with Crippen LogP contribution < -0.4 is 10.6 Å². The van der Waals surface area contributed by atoms with Crippen molar-refractivity contribution < 1.29 is 14.7 Å². The van der Waals surface area contributed by atoms with Gasteiger partial charge in [-0.05, 0) is 42.8 Å². The van der Waals surface area contributed by atoms with E-state index in [1.54, 1.807) is 17.8 Å². The molecule has 0 heterocycles. The van der Waals surface area contributed by atoms with Gasteiger partial charge in [0, 0.05) is 22.8 Å². The minimum absolute atomic E-state index is 0.120. The molecule has 0 aliphatic carbocycles. The lowest BCUT2D eigenvalue weighted by Crippen LogP contribution is -2.26. The van der Waals surface area contributed by atoms with Crippen LogP contribution in [-0.4, -0.2) is 22.2 Å². The molecule has 1 unspecified atom stereocenters. The van der Waals surface area contributed by atoms with Crippen molar-refractivity contribution in [1.82, 2.24) is 5.32 Å². The number of carbonyl (C=O) groups excluding carboxylic acids is 2. The zero-order chi connectivity index (χ0) is 19.3. The average Bonchev–Trinajstić information content (AvgIpc) is 2.56. The first-order valence-corrected chi connectivity index (χ1v) is 9.32. The van der Waals surface area contributed by atoms with Gasteiger partial charge in [0.15, 0.2) is 0 Å². The van der Waals surface area contributed by atoms with Crippen molar-refractivity contribution in [3.8, 4) is 5.75 Å². The van der Waals surface area contributed by atoms with Gasteiger partial charge in [-0.15, -0.1) is 11.8 Å². The molecule has 0 fully saturated rings. The molecule has 2 aromatic rings. The number of aromatic hydroxyl groups is 1. The van der Waals surface area contributed by atoms with Gasteiger partial charge in [-0.1, -0.05) is 26.0 Å². The normalized spacial score (nSPS) is 11.9. The summed E-state index contributed by atoms with van der Waals surface area (Å²) in [4.78, 5) is 24.9. The van der Waals surface area contributed by atoms with Crippen molar-refractivity contribution in [2.24, 2.45) is 0 Å². The molecule has 6 heteroatoms. The summed E-state index contributed by atoms with van der Waals surface area (Å²) >= 11 is 1.78. The molecule has 2 rings (SSSR count). The number of hydrogen-bond acceptors (Lipinski definition) is 4. The Morgan fingerprint density at radius 1 is 1.04 bits per heavy atom. The highest BCUT2D eigenvalue weighted by atomic mass is 32.2. The number of carbonyl (C=O) groups is 2. The van der Waals surface area contributed by atoms with Gasteiger partial charge in [0.25, 0.3) is 5.91 Å². The van der Waals surface area contributed by atoms with E-state index in [4.69, 9.17) is 0 Å². The fraction of sp³-hybridized carbons (Fsp3) is 0.300. The van der Waals surface area contributed by atoms with E-state index >= 15 is 0 Å². The summed E-state index contributed by atoms with van der Waals surface area (Å²) in [5.74, 6) is -0.773. The highest BCUT2D eigenvalue weighted by molar-refractivity contribution is 7.99. The van der Waals surface area contributed by atoms with E-state index in [0.717, 1.165) is 5.56 Å². The highest BCUT2D eigenvalue weighted by Crippen LogP contribution is 2.26. The zero-order valence-corrected chi connectivity index (χ0v) is 16.2. The van der Waals surface area contributed by atoms with E-state index in [1.165, 1.54) is 24.0 Å². The van der Waals surface area contributed by atoms with Crippen LogP contribution in [0.2, 0.25) is 0 Å². The number of hydrogen-bond donors (Lipinski definition) is 3. The minimum Gasteiger partial charge on any atom is -0.507 e. The molecule has 0 bridgehead atoms. The zero-order valence-electron chi connectivity index (χ0n) is 15.4. The van der Waals surface area contributed by atoms with Gasteiger partial charge in [0.2, 0.25) is 5.91 Å². The summed E-state index contributed by atoms with van der Waals surface area (Å²) < 4.78 is 0. The first kappa shape index (κ1) is 19.8. The Morgan fingerprint density at radius 2 is 1.69 bits per heavy atom. The SMILES string of the molecule is CC(=O)Nc1ccc(O)c(C(=O)NC(C)c2ccc(SC(C)C)cc2)c1. The van der Waals surface area contributed by atoms with Crippen LogP contribution in [0.15, 0.2) is 47.4 Å². The maximum atomic E-state index is 12.5. The van der Waals surface area contributed by atoms with Gasteiger partial charge < -0.3 is 15.7 Å². The van der Waals surface area contributed by atoms with Crippen molar-refractivity contribution in [1.29, 1.82) is 0 Å². The lowest BCUT2D eigenvalue weighted by atomic mass is 10.1. The first-order chi connectivity index (χ1) is 12.3. The van der Waals surface area contributed by atoms with Gasteiger partial charge in [-0.3, -0.25) is 9.59 Å². The molecule has 3 N–H and O–H groups in total. The van der Waals surface area contributed by atoms with Gasteiger partial charge in [0.05, 0.1) is 11.6 Å². The van der Waals surface area contributed by atoms with Crippen LogP contribution in [0.1, 0.15) is 49.7 Å². The maximum Gasteiger partial charge on any atom is 0.255 e. The number of amides is 2. The van der Waals surface area contributed by atoms with Crippen molar-refractivity contribution in [3.05, 3.63) is 53.6 Å². The molecule has 0 aliphatic rings. The molecule has 0 aliphatic heterocycles. The Bertz CT molecular complexity index is 788. The van der Waals surface area contributed by atoms with Crippen LogP contribution in [0.4, 0.5) is 5.69 Å². The second-order valence-electron chi connectivity index (χ2n) is 6.34. The number of rotatable bonds is 6. The molecule has 0 saturated heterocycles. The second kappa shape index (κ2) is 8.76. The van der Waals surface area contributed by atoms with E-state index in [0.29, 0.717) is 10.9 Å². The molecular formula is C20H24N2O3S. The average molecular weight is 372 g/mol. The summed E-state index contributed by atoms with van der Waals surface area (Å²) in [5.41, 5.74) is 1.56. The molecule has 2 aromatic carbocycles. The van der Waals surface area contributed by atoms with E-state index in [9.17, 15) is 14.7 Å². The quantitative estimate of drug-likeness (QED) is 0.520. The summed E-state index contributed by atoms with van der Waals surface area (Å²) in [6.45, 7) is 7.55. The van der Waals surface area contributed by atoms with Crippen molar-refractivity contribution in [3.63, 3.8) is 0 Å². The third kappa shape index (κ3) is 5.52. The first-order valence-electron chi connectivity index (χ1n) is 8.44. The van der Waals surface area contributed by atoms with Crippen molar-refractivity contribution in [2.45, 2.75) is 43.9 Å². The molecule has 26 heavy (non-hydrogen) atoms. The Morgan fingerprint density at radius 3 is 2.27 bits per heavy atom. The third-order valence-electron chi connectivity index (χ3n) is 3.66. The number of phenolic OH excluding ortho intramolecular Hbond substituents is 1. The molecule has 0 radical (unpaired) electrons. The molecule has 0 saturated carbocycles. The number of nitrogens with one attached hydrogen (secondary N) is 2. The Hall–Kier alpha value is -2.47. The lowest BCUT2D eigenvalue weighted by Gasteiger charge is -2.16. The summed E-state index contributed by atoms with van der Waals surface area (Å²) in [5, 5.41) is 16.0. The van der Waals surface area contributed by atoms with Gasteiger partial charge >= 0.3 is 0 Å². The smallest absolute Gasteiger partial charge is 0.255 e. The van der Waals surface area contributed by atoms with E-state index in [1.807, 2.05) is 31.2 Å². The van der Waals surface area contributed by atoms with Crippen LogP contribution >= 0.6 is 11.8 Å². The molecular weight excluding hydrogens is 348 g/mol. The number of thioether (sulfide) groups is 1. The van der Waals surface area contributed by atoms with Crippen LogP contribution in [0.5, 0.6) is 5.75 Å². The predicted molar refractivity (Wildman–Crippen MR) is 106 cm³/mol.